The normalized spacial score (nSPS) is 10.7. The molecule has 118 valence electrons. The zero-order chi connectivity index (χ0) is 15.9. The van der Waals surface area contributed by atoms with Crippen LogP contribution in [-0.4, -0.2) is 23.0 Å². The maximum atomic E-state index is 8.82. The zero-order valence-corrected chi connectivity index (χ0v) is 12.3. The van der Waals surface area contributed by atoms with Crippen LogP contribution in [0.15, 0.2) is 42.5 Å². The molecule has 0 aliphatic carbocycles. The number of nitrogens with one attached hydrogen (secondary N) is 2. The molecule has 2 rings (SSSR count). The topological polar surface area (TPSA) is 117 Å². The minimum Gasteiger partial charge on any atom is -0.399 e. The summed E-state index contributed by atoms with van der Waals surface area (Å²) in [7, 11) is 0. The van der Waals surface area contributed by atoms with Gasteiger partial charge in [0.25, 0.3) is 0 Å². The summed E-state index contributed by atoms with van der Waals surface area (Å²) in [6.45, 7) is 1.07. The van der Waals surface area contributed by atoms with Crippen LogP contribution in [0, 0.1) is 0 Å². The van der Waals surface area contributed by atoms with Crippen molar-refractivity contribution in [2.45, 2.75) is 19.3 Å². The van der Waals surface area contributed by atoms with Gasteiger partial charge in [0, 0.05) is 42.3 Å². The molecule has 8 N–H and O–H groups in total. The van der Waals surface area contributed by atoms with Gasteiger partial charge in [0.15, 0.2) is 6.29 Å². The Kier molecular flexibility index (Phi) is 5.46. The average molecular weight is 302 g/mol. The smallest absolute Gasteiger partial charge is 0.153 e. The number of rotatable bonds is 7. The molecule has 6 heteroatoms. The lowest BCUT2D eigenvalue weighted by Crippen LogP contribution is -2.12. The van der Waals surface area contributed by atoms with Gasteiger partial charge in [-0.05, 0) is 42.0 Å². The van der Waals surface area contributed by atoms with Crippen molar-refractivity contribution in [2.75, 3.05) is 28.6 Å². The Labute approximate surface area is 129 Å². The molecule has 0 atom stereocenters. The molecule has 0 saturated carbocycles. The Hall–Kier alpha value is -2.44. The fourth-order valence-electron chi connectivity index (χ4n) is 2.06. The van der Waals surface area contributed by atoms with Crippen LogP contribution in [0.3, 0.4) is 0 Å². The number of nitrogens with two attached hydrogens (primary N) is 2. The van der Waals surface area contributed by atoms with E-state index in [1.807, 2.05) is 30.3 Å². The standard InChI is InChI=1S/C16H22N4O2/c17-12-4-5-15(18)11(8-12)10-20-14-3-1-2-13(9-14)19-7-6-16(21)22/h1-5,8-9,16,19-22H,6-7,10,17-18H2. The van der Waals surface area contributed by atoms with Gasteiger partial charge in [-0.25, -0.2) is 0 Å². The molecule has 0 aliphatic heterocycles. The Morgan fingerprint density at radius 3 is 2.41 bits per heavy atom. The number of hydrogen-bond donors (Lipinski definition) is 6. The summed E-state index contributed by atoms with van der Waals surface area (Å²) in [5, 5.41) is 24.1. The van der Waals surface area contributed by atoms with Crippen LogP contribution in [0.1, 0.15) is 12.0 Å². The highest BCUT2D eigenvalue weighted by Gasteiger charge is 2.02. The fraction of sp³-hybridized carbons (Fsp3) is 0.250. The first-order valence-electron chi connectivity index (χ1n) is 7.12. The van der Waals surface area contributed by atoms with E-state index in [1.54, 1.807) is 12.1 Å². The molecule has 22 heavy (non-hydrogen) atoms. The lowest BCUT2D eigenvalue weighted by atomic mass is 10.1. The summed E-state index contributed by atoms with van der Waals surface area (Å²) >= 11 is 0. The largest absolute Gasteiger partial charge is 0.399 e. The van der Waals surface area contributed by atoms with E-state index < -0.39 is 6.29 Å². The molecule has 2 aromatic carbocycles. The molecule has 0 radical (unpaired) electrons. The predicted octanol–water partition coefficient (Wildman–Crippen LogP) is 1.58. The minimum absolute atomic E-state index is 0.275. The van der Waals surface area contributed by atoms with E-state index in [2.05, 4.69) is 10.6 Å². The van der Waals surface area contributed by atoms with Crippen molar-refractivity contribution in [3.05, 3.63) is 48.0 Å². The van der Waals surface area contributed by atoms with Crippen LogP contribution in [0.5, 0.6) is 0 Å². The number of nitrogen functional groups attached to an aromatic ring is 2. The lowest BCUT2D eigenvalue weighted by molar-refractivity contribution is -0.0423. The van der Waals surface area contributed by atoms with Crippen LogP contribution >= 0.6 is 0 Å². The molecular formula is C16H22N4O2. The van der Waals surface area contributed by atoms with Crippen LogP contribution in [-0.2, 0) is 6.54 Å². The van der Waals surface area contributed by atoms with Gasteiger partial charge in [-0.2, -0.15) is 0 Å². The van der Waals surface area contributed by atoms with Gasteiger partial charge in [0.05, 0.1) is 0 Å². The van der Waals surface area contributed by atoms with Gasteiger partial charge in [-0.1, -0.05) is 6.07 Å². The quantitative estimate of drug-likeness (QED) is 0.341. The van der Waals surface area contributed by atoms with Crippen molar-refractivity contribution in [1.82, 2.24) is 0 Å². The highest BCUT2D eigenvalue weighted by atomic mass is 16.5. The van der Waals surface area contributed by atoms with E-state index in [9.17, 15) is 0 Å². The highest BCUT2D eigenvalue weighted by Crippen LogP contribution is 2.19. The summed E-state index contributed by atoms with van der Waals surface area (Å²) in [6.07, 6.45) is -1.02. The van der Waals surface area contributed by atoms with Gasteiger partial charge in [-0.15, -0.1) is 0 Å². The molecule has 0 aliphatic rings. The van der Waals surface area contributed by atoms with Crippen molar-refractivity contribution >= 4 is 22.7 Å². The maximum absolute atomic E-state index is 8.82. The van der Waals surface area contributed by atoms with Crippen LogP contribution in [0.25, 0.3) is 0 Å². The fourth-order valence-corrected chi connectivity index (χ4v) is 2.06. The van der Waals surface area contributed by atoms with Crippen LogP contribution in [0.2, 0.25) is 0 Å². The van der Waals surface area contributed by atoms with Gasteiger partial charge >= 0.3 is 0 Å². The number of anilines is 4. The molecule has 0 amide bonds. The van der Waals surface area contributed by atoms with Crippen molar-refractivity contribution < 1.29 is 10.2 Å². The van der Waals surface area contributed by atoms with Crippen molar-refractivity contribution in [3.8, 4) is 0 Å². The second-order valence-corrected chi connectivity index (χ2v) is 5.09. The SMILES string of the molecule is Nc1ccc(N)c(CNc2cccc(NCCC(O)O)c2)c1. The monoisotopic (exact) mass is 302 g/mol. The third-order valence-electron chi connectivity index (χ3n) is 3.24. The molecule has 0 unspecified atom stereocenters. The zero-order valence-electron chi connectivity index (χ0n) is 12.3. The van der Waals surface area contributed by atoms with Crippen molar-refractivity contribution in [2.24, 2.45) is 0 Å². The molecule has 6 nitrogen and oxygen atoms in total. The third kappa shape index (κ3) is 4.83. The number of benzene rings is 2. The Bertz CT molecular complexity index is 617. The van der Waals surface area contributed by atoms with Gasteiger partial charge < -0.3 is 32.3 Å². The molecule has 0 bridgehead atoms. The van der Waals surface area contributed by atoms with E-state index >= 15 is 0 Å². The maximum Gasteiger partial charge on any atom is 0.153 e. The third-order valence-corrected chi connectivity index (χ3v) is 3.24. The first-order valence-corrected chi connectivity index (χ1v) is 7.12. The van der Waals surface area contributed by atoms with E-state index in [0.717, 1.165) is 16.9 Å². The summed E-state index contributed by atoms with van der Waals surface area (Å²) < 4.78 is 0. The van der Waals surface area contributed by atoms with Crippen molar-refractivity contribution in [1.29, 1.82) is 0 Å². The number of hydrogen-bond acceptors (Lipinski definition) is 6. The molecule has 0 heterocycles. The first kappa shape index (κ1) is 15.9. The van der Waals surface area contributed by atoms with Gasteiger partial charge in [-0.3, -0.25) is 0 Å². The first-order chi connectivity index (χ1) is 10.5. The van der Waals surface area contributed by atoms with Crippen LogP contribution < -0.4 is 22.1 Å². The summed E-state index contributed by atoms with van der Waals surface area (Å²) in [5.74, 6) is 0. The molecule has 0 aromatic heterocycles. The summed E-state index contributed by atoms with van der Waals surface area (Å²) in [6, 6.07) is 13.2. The summed E-state index contributed by atoms with van der Waals surface area (Å²) in [5.41, 5.74) is 15.9. The lowest BCUT2D eigenvalue weighted by Gasteiger charge is -2.12. The predicted molar refractivity (Wildman–Crippen MR) is 90.4 cm³/mol. The van der Waals surface area contributed by atoms with E-state index in [1.165, 1.54) is 0 Å². The van der Waals surface area contributed by atoms with Crippen LogP contribution in [0.4, 0.5) is 22.7 Å². The molecule has 0 spiro atoms. The van der Waals surface area contributed by atoms with Crippen molar-refractivity contribution in [3.63, 3.8) is 0 Å². The Balaban J connectivity index is 1.94. The van der Waals surface area contributed by atoms with E-state index in [4.69, 9.17) is 21.7 Å². The second kappa shape index (κ2) is 7.53. The minimum atomic E-state index is -1.29. The molecule has 0 saturated heterocycles. The molecule has 2 aromatic rings. The Morgan fingerprint density at radius 2 is 1.68 bits per heavy atom. The molecule has 0 fully saturated rings. The number of aliphatic hydroxyl groups excluding tert-OH is 1. The molecular weight excluding hydrogens is 280 g/mol. The van der Waals surface area contributed by atoms with E-state index in [0.29, 0.717) is 24.5 Å². The van der Waals surface area contributed by atoms with E-state index in [-0.39, 0.29) is 6.42 Å². The van der Waals surface area contributed by atoms with Gasteiger partial charge in [0.2, 0.25) is 0 Å². The average Bonchev–Trinajstić information content (AvgIpc) is 2.48. The highest BCUT2D eigenvalue weighted by molar-refractivity contribution is 5.59. The second-order valence-electron chi connectivity index (χ2n) is 5.09. The summed E-state index contributed by atoms with van der Waals surface area (Å²) in [4.78, 5) is 0. The van der Waals surface area contributed by atoms with Gasteiger partial charge in [0.1, 0.15) is 0 Å². The Morgan fingerprint density at radius 1 is 0.955 bits per heavy atom. The number of aliphatic hydroxyl groups is 2.